The van der Waals surface area contributed by atoms with Crippen molar-refractivity contribution in [2.45, 2.75) is 25.6 Å². The van der Waals surface area contributed by atoms with E-state index < -0.39 is 21.9 Å². The Balaban J connectivity index is 1.69. The summed E-state index contributed by atoms with van der Waals surface area (Å²) in [7, 11) is -3.24. The van der Waals surface area contributed by atoms with Gasteiger partial charge in [0.25, 0.3) is 0 Å². The number of hydrogen-bond acceptors (Lipinski definition) is 4. The van der Waals surface area contributed by atoms with Gasteiger partial charge in [0.2, 0.25) is 0 Å². The van der Waals surface area contributed by atoms with Crippen LogP contribution in [0.1, 0.15) is 16.7 Å². The molecule has 2 saturated heterocycles. The molecule has 2 aromatic rings. The molecule has 2 amide bonds. The zero-order valence-electron chi connectivity index (χ0n) is 15.2. The Morgan fingerprint density at radius 1 is 1.14 bits per heavy atom. The second-order valence-corrected chi connectivity index (χ2v) is 9.80. The second-order valence-electron chi connectivity index (χ2n) is 7.23. The van der Waals surface area contributed by atoms with Gasteiger partial charge >= 0.3 is 6.03 Å². The molecule has 8 heteroatoms. The van der Waals surface area contributed by atoms with Crippen LogP contribution in [0.2, 0.25) is 5.02 Å². The molecule has 2 fully saturated rings. The summed E-state index contributed by atoms with van der Waals surface area (Å²) in [6.45, 7) is 2.16. The Morgan fingerprint density at radius 2 is 1.82 bits per heavy atom. The van der Waals surface area contributed by atoms with E-state index in [4.69, 9.17) is 16.9 Å². The van der Waals surface area contributed by atoms with Crippen LogP contribution < -0.4 is 4.90 Å². The molecule has 0 aliphatic carbocycles. The first-order valence-electron chi connectivity index (χ1n) is 8.84. The number of amides is 2. The van der Waals surface area contributed by atoms with Crippen molar-refractivity contribution >= 4 is 33.2 Å². The summed E-state index contributed by atoms with van der Waals surface area (Å²) in [5.74, 6) is -0.103. The summed E-state index contributed by atoms with van der Waals surface area (Å²) in [5, 5.41) is 9.47. The molecular formula is C20H18ClN3O3S. The number of halogens is 1. The number of urea groups is 1. The maximum Gasteiger partial charge on any atom is 0.325 e. The molecule has 2 aliphatic heterocycles. The van der Waals surface area contributed by atoms with Crippen LogP contribution >= 0.6 is 11.6 Å². The lowest BCUT2D eigenvalue weighted by atomic mass is 10.1. The molecule has 0 aromatic heterocycles. The van der Waals surface area contributed by atoms with E-state index in [9.17, 15) is 13.2 Å². The van der Waals surface area contributed by atoms with Crippen molar-refractivity contribution in [1.29, 1.82) is 5.26 Å². The standard InChI is InChI=1S/C20H18ClN3O3S/c1-13-2-7-16(8-17(13)21)24-19-12-28(26,27)11-18(19)23(20(24)25)10-15-5-3-14(9-22)4-6-15/h2-8,18-19H,10-12H2,1H3/t18-,19-/m0/s1. The van der Waals surface area contributed by atoms with Gasteiger partial charge in [0.15, 0.2) is 9.84 Å². The molecule has 0 N–H and O–H groups in total. The molecule has 4 rings (SSSR count). The molecule has 2 aliphatic rings. The molecule has 28 heavy (non-hydrogen) atoms. The number of anilines is 1. The summed E-state index contributed by atoms with van der Waals surface area (Å²) in [6.07, 6.45) is 0. The van der Waals surface area contributed by atoms with Crippen molar-refractivity contribution in [3.05, 3.63) is 64.2 Å². The summed E-state index contributed by atoms with van der Waals surface area (Å²) in [5.41, 5.74) is 2.88. The van der Waals surface area contributed by atoms with Gasteiger partial charge in [0, 0.05) is 17.3 Å². The summed E-state index contributed by atoms with van der Waals surface area (Å²) < 4.78 is 24.6. The van der Waals surface area contributed by atoms with Crippen LogP contribution in [0.25, 0.3) is 0 Å². The molecule has 2 aromatic carbocycles. The van der Waals surface area contributed by atoms with E-state index in [1.54, 1.807) is 46.2 Å². The first-order chi connectivity index (χ1) is 13.3. The minimum atomic E-state index is -3.24. The van der Waals surface area contributed by atoms with Crippen molar-refractivity contribution in [2.24, 2.45) is 0 Å². The third-order valence-corrected chi connectivity index (χ3v) is 7.45. The smallest absolute Gasteiger partial charge is 0.314 e. The van der Waals surface area contributed by atoms with Gasteiger partial charge in [0.1, 0.15) is 0 Å². The minimum absolute atomic E-state index is 0.0459. The van der Waals surface area contributed by atoms with E-state index in [0.717, 1.165) is 11.1 Å². The van der Waals surface area contributed by atoms with Crippen LogP contribution in [0.15, 0.2) is 42.5 Å². The largest absolute Gasteiger partial charge is 0.325 e. The Bertz CT molecular complexity index is 1090. The lowest BCUT2D eigenvalue weighted by molar-refractivity contribution is 0.206. The van der Waals surface area contributed by atoms with Crippen molar-refractivity contribution in [3.63, 3.8) is 0 Å². The number of nitrogens with zero attached hydrogens (tertiary/aromatic N) is 3. The summed E-state index contributed by atoms with van der Waals surface area (Å²) in [4.78, 5) is 16.4. The number of carbonyl (C=O) groups excluding carboxylic acids is 1. The number of rotatable bonds is 3. The van der Waals surface area contributed by atoms with E-state index >= 15 is 0 Å². The van der Waals surface area contributed by atoms with Crippen molar-refractivity contribution in [2.75, 3.05) is 16.4 Å². The molecule has 0 unspecified atom stereocenters. The number of hydrogen-bond donors (Lipinski definition) is 0. The zero-order valence-corrected chi connectivity index (χ0v) is 16.7. The predicted molar refractivity (Wildman–Crippen MR) is 107 cm³/mol. The number of carbonyl (C=O) groups is 1. The van der Waals surface area contributed by atoms with Gasteiger partial charge < -0.3 is 4.90 Å². The Labute approximate surface area is 168 Å². The van der Waals surface area contributed by atoms with E-state index in [1.807, 2.05) is 13.0 Å². The SMILES string of the molecule is Cc1ccc(N2C(=O)N(Cc3ccc(C#N)cc3)[C@H]3CS(=O)(=O)C[C@@H]32)cc1Cl. The third kappa shape index (κ3) is 3.23. The van der Waals surface area contributed by atoms with Crippen LogP contribution in [-0.2, 0) is 16.4 Å². The highest BCUT2D eigenvalue weighted by Crippen LogP contribution is 2.37. The second kappa shape index (κ2) is 6.80. The quantitative estimate of drug-likeness (QED) is 0.721. The molecule has 2 atom stereocenters. The lowest BCUT2D eigenvalue weighted by Gasteiger charge is -2.23. The number of nitriles is 1. The van der Waals surface area contributed by atoms with Gasteiger partial charge in [-0.05, 0) is 42.3 Å². The monoisotopic (exact) mass is 415 g/mol. The molecular weight excluding hydrogens is 398 g/mol. The van der Waals surface area contributed by atoms with Crippen LogP contribution in [0.3, 0.4) is 0 Å². The van der Waals surface area contributed by atoms with Gasteiger partial charge in [-0.2, -0.15) is 5.26 Å². The van der Waals surface area contributed by atoms with Crippen molar-refractivity contribution in [1.82, 2.24) is 4.90 Å². The maximum absolute atomic E-state index is 13.2. The van der Waals surface area contributed by atoms with Crippen LogP contribution in [0.4, 0.5) is 10.5 Å². The summed E-state index contributed by atoms with van der Waals surface area (Å²) in [6, 6.07) is 13.3. The van der Waals surface area contributed by atoms with E-state index in [2.05, 4.69) is 6.07 Å². The molecule has 0 radical (unpaired) electrons. The van der Waals surface area contributed by atoms with Crippen molar-refractivity contribution in [3.8, 4) is 6.07 Å². The topological polar surface area (TPSA) is 81.5 Å². The first kappa shape index (κ1) is 18.8. The fourth-order valence-corrected chi connectivity index (χ4v) is 6.00. The van der Waals surface area contributed by atoms with Gasteiger partial charge in [0.05, 0.1) is 35.2 Å². The molecule has 0 bridgehead atoms. The van der Waals surface area contributed by atoms with Gasteiger partial charge in [-0.25, -0.2) is 13.2 Å². The van der Waals surface area contributed by atoms with Crippen LogP contribution in [0.5, 0.6) is 0 Å². The van der Waals surface area contributed by atoms with E-state index in [-0.39, 0.29) is 24.1 Å². The highest BCUT2D eigenvalue weighted by molar-refractivity contribution is 7.91. The Hall–Kier alpha value is -2.56. The number of fused-ring (bicyclic) bond motifs is 1. The normalized spacial score (nSPS) is 23.0. The van der Waals surface area contributed by atoms with Crippen molar-refractivity contribution < 1.29 is 13.2 Å². The molecule has 2 heterocycles. The number of benzene rings is 2. The molecule has 0 spiro atoms. The number of aryl methyl sites for hydroxylation is 1. The first-order valence-corrected chi connectivity index (χ1v) is 11.0. The minimum Gasteiger partial charge on any atom is -0.314 e. The Morgan fingerprint density at radius 3 is 2.46 bits per heavy atom. The van der Waals surface area contributed by atoms with Crippen LogP contribution in [0, 0.1) is 18.3 Å². The van der Waals surface area contributed by atoms with E-state index in [0.29, 0.717) is 16.3 Å². The average molecular weight is 416 g/mol. The zero-order chi connectivity index (χ0) is 20.1. The molecule has 144 valence electrons. The highest BCUT2D eigenvalue weighted by Gasteiger charge is 2.53. The van der Waals surface area contributed by atoms with Gasteiger partial charge in [-0.3, -0.25) is 4.90 Å². The van der Waals surface area contributed by atoms with E-state index in [1.165, 1.54) is 0 Å². The molecule has 6 nitrogen and oxygen atoms in total. The highest BCUT2D eigenvalue weighted by atomic mass is 35.5. The average Bonchev–Trinajstić information content (AvgIpc) is 3.09. The maximum atomic E-state index is 13.2. The molecule has 0 saturated carbocycles. The Kier molecular flexibility index (Phi) is 4.56. The fraction of sp³-hybridized carbons (Fsp3) is 0.300. The van der Waals surface area contributed by atoms with Gasteiger partial charge in [-0.1, -0.05) is 29.8 Å². The fourth-order valence-electron chi connectivity index (χ4n) is 3.88. The third-order valence-electron chi connectivity index (χ3n) is 5.35. The number of sulfone groups is 1. The lowest BCUT2D eigenvalue weighted by Crippen LogP contribution is -2.37. The summed E-state index contributed by atoms with van der Waals surface area (Å²) >= 11 is 6.24. The van der Waals surface area contributed by atoms with Crippen LogP contribution in [-0.4, -0.2) is 42.9 Å². The predicted octanol–water partition coefficient (Wildman–Crippen LogP) is 3.13. The van der Waals surface area contributed by atoms with Gasteiger partial charge in [-0.15, -0.1) is 0 Å².